The summed E-state index contributed by atoms with van der Waals surface area (Å²) >= 11 is 0. The summed E-state index contributed by atoms with van der Waals surface area (Å²) in [5.41, 5.74) is 0. The number of carboxylic acids is 1. The predicted octanol–water partition coefficient (Wildman–Crippen LogP) is 1.41. The van der Waals surface area contributed by atoms with Crippen molar-refractivity contribution in [3.63, 3.8) is 0 Å². The Balaban J connectivity index is 1.65. The fraction of sp³-hybridized carbons (Fsp3) is 0.556. The van der Waals surface area contributed by atoms with Crippen molar-refractivity contribution in [3.05, 3.63) is 30.3 Å². The Hall–Kier alpha value is -1.93. The molecule has 3 rings (SSSR count). The number of piperazine rings is 1. The number of carbonyl (C=O) groups is 2. The molecule has 1 aromatic rings. The van der Waals surface area contributed by atoms with E-state index in [4.69, 9.17) is 0 Å². The molecule has 7 nitrogen and oxygen atoms in total. The van der Waals surface area contributed by atoms with E-state index in [1.807, 2.05) is 0 Å². The molecule has 1 heterocycles. The SMILES string of the molecule is O=C(O)[C@H]1CCCC[C@@H]1C(=O)N1CCN(S(=O)(=O)c2ccccc2)CC1. The van der Waals surface area contributed by atoms with E-state index in [-0.39, 0.29) is 23.9 Å². The monoisotopic (exact) mass is 380 g/mol. The molecule has 0 bridgehead atoms. The Morgan fingerprint density at radius 3 is 2.08 bits per heavy atom. The second-order valence-corrected chi connectivity index (χ2v) is 8.82. The zero-order chi connectivity index (χ0) is 18.7. The minimum absolute atomic E-state index is 0.145. The van der Waals surface area contributed by atoms with Crippen molar-refractivity contribution in [2.24, 2.45) is 11.8 Å². The van der Waals surface area contributed by atoms with Gasteiger partial charge in [-0.1, -0.05) is 31.0 Å². The van der Waals surface area contributed by atoms with E-state index in [1.165, 1.54) is 4.31 Å². The van der Waals surface area contributed by atoms with Crippen LogP contribution in [0.3, 0.4) is 0 Å². The summed E-state index contributed by atoms with van der Waals surface area (Å²) < 4.78 is 26.7. The van der Waals surface area contributed by atoms with Gasteiger partial charge in [-0.2, -0.15) is 4.31 Å². The lowest BCUT2D eigenvalue weighted by atomic mass is 9.78. The molecule has 0 unspecified atom stereocenters. The van der Waals surface area contributed by atoms with E-state index >= 15 is 0 Å². The van der Waals surface area contributed by atoms with Gasteiger partial charge in [-0.3, -0.25) is 9.59 Å². The maximum absolute atomic E-state index is 12.8. The smallest absolute Gasteiger partial charge is 0.307 e. The van der Waals surface area contributed by atoms with Gasteiger partial charge in [0.1, 0.15) is 0 Å². The van der Waals surface area contributed by atoms with Crippen molar-refractivity contribution in [1.29, 1.82) is 0 Å². The molecule has 1 aliphatic carbocycles. The first-order chi connectivity index (χ1) is 12.4. The van der Waals surface area contributed by atoms with E-state index in [0.29, 0.717) is 25.9 Å². The first-order valence-electron chi connectivity index (χ1n) is 8.98. The second-order valence-electron chi connectivity index (χ2n) is 6.88. The van der Waals surface area contributed by atoms with Gasteiger partial charge in [0.15, 0.2) is 0 Å². The minimum Gasteiger partial charge on any atom is -0.481 e. The third kappa shape index (κ3) is 3.76. The van der Waals surface area contributed by atoms with Crippen molar-refractivity contribution in [1.82, 2.24) is 9.21 Å². The maximum atomic E-state index is 12.8. The highest BCUT2D eigenvalue weighted by molar-refractivity contribution is 7.89. The zero-order valence-corrected chi connectivity index (χ0v) is 15.4. The molecule has 8 heteroatoms. The topological polar surface area (TPSA) is 95.0 Å². The quantitative estimate of drug-likeness (QED) is 0.852. The molecule has 1 saturated carbocycles. The third-order valence-corrected chi connectivity index (χ3v) is 7.24. The predicted molar refractivity (Wildman–Crippen MR) is 94.9 cm³/mol. The Morgan fingerprint density at radius 1 is 0.923 bits per heavy atom. The van der Waals surface area contributed by atoms with E-state index in [0.717, 1.165) is 12.8 Å². The third-order valence-electron chi connectivity index (χ3n) is 5.33. The lowest BCUT2D eigenvalue weighted by Gasteiger charge is -2.37. The first-order valence-corrected chi connectivity index (χ1v) is 10.4. The number of carbonyl (C=O) groups excluding carboxylic acids is 1. The molecule has 0 aromatic heterocycles. The lowest BCUT2D eigenvalue weighted by Crippen LogP contribution is -2.53. The van der Waals surface area contributed by atoms with Crippen LogP contribution in [-0.4, -0.2) is 60.8 Å². The molecular weight excluding hydrogens is 356 g/mol. The summed E-state index contributed by atoms with van der Waals surface area (Å²) in [6.45, 7) is 1.06. The highest BCUT2D eigenvalue weighted by Crippen LogP contribution is 2.32. The van der Waals surface area contributed by atoms with Crippen LogP contribution in [0, 0.1) is 11.8 Å². The first kappa shape index (κ1) is 18.8. The maximum Gasteiger partial charge on any atom is 0.307 e. The Bertz CT molecular complexity index is 757. The van der Waals surface area contributed by atoms with Gasteiger partial charge in [0.2, 0.25) is 15.9 Å². The number of hydrogen-bond donors (Lipinski definition) is 1. The molecule has 142 valence electrons. The fourth-order valence-corrected chi connectivity index (χ4v) is 5.29. The molecule has 2 aliphatic rings. The number of hydrogen-bond acceptors (Lipinski definition) is 4. The van der Waals surface area contributed by atoms with Crippen molar-refractivity contribution >= 4 is 21.9 Å². The highest BCUT2D eigenvalue weighted by atomic mass is 32.2. The van der Waals surface area contributed by atoms with Gasteiger partial charge in [0, 0.05) is 26.2 Å². The molecular formula is C18H24N2O5S. The van der Waals surface area contributed by atoms with Crippen LogP contribution >= 0.6 is 0 Å². The molecule has 26 heavy (non-hydrogen) atoms. The minimum atomic E-state index is -3.56. The van der Waals surface area contributed by atoms with Gasteiger partial charge in [-0.15, -0.1) is 0 Å². The van der Waals surface area contributed by atoms with Crippen LogP contribution in [-0.2, 0) is 19.6 Å². The van der Waals surface area contributed by atoms with Crippen molar-refractivity contribution in [2.75, 3.05) is 26.2 Å². The Labute approximate surface area is 153 Å². The zero-order valence-electron chi connectivity index (χ0n) is 14.6. The number of benzene rings is 1. The van der Waals surface area contributed by atoms with Gasteiger partial charge >= 0.3 is 5.97 Å². The van der Waals surface area contributed by atoms with Gasteiger partial charge < -0.3 is 10.0 Å². The van der Waals surface area contributed by atoms with Crippen LogP contribution in [0.1, 0.15) is 25.7 Å². The number of amides is 1. The number of aliphatic carboxylic acids is 1. The van der Waals surface area contributed by atoms with Gasteiger partial charge in [0.05, 0.1) is 16.7 Å². The second kappa shape index (κ2) is 7.75. The average Bonchev–Trinajstić information content (AvgIpc) is 2.68. The van der Waals surface area contributed by atoms with Crippen LogP contribution in [0.2, 0.25) is 0 Å². The highest BCUT2D eigenvalue weighted by Gasteiger charge is 2.39. The Kier molecular flexibility index (Phi) is 5.62. The van der Waals surface area contributed by atoms with Crippen molar-refractivity contribution in [3.8, 4) is 0 Å². The molecule has 0 radical (unpaired) electrons. The largest absolute Gasteiger partial charge is 0.481 e. The molecule has 1 aliphatic heterocycles. The molecule has 1 amide bonds. The van der Waals surface area contributed by atoms with Gasteiger partial charge in [-0.05, 0) is 25.0 Å². The van der Waals surface area contributed by atoms with E-state index < -0.39 is 27.8 Å². The number of carboxylic acid groups (broad SMARTS) is 1. The average molecular weight is 380 g/mol. The van der Waals surface area contributed by atoms with Gasteiger partial charge in [-0.25, -0.2) is 8.42 Å². The summed E-state index contributed by atoms with van der Waals surface area (Å²) in [6.07, 6.45) is 2.83. The normalized spacial score (nSPS) is 25.0. The van der Waals surface area contributed by atoms with Crippen molar-refractivity contribution in [2.45, 2.75) is 30.6 Å². The standard InChI is InChI=1S/C18H24N2O5S/c21-17(15-8-4-5-9-16(15)18(22)23)19-10-12-20(13-11-19)26(24,25)14-6-2-1-3-7-14/h1-3,6-7,15-16H,4-5,8-13H2,(H,22,23)/t15-,16-/m0/s1. The van der Waals surface area contributed by atoms with Crippen LogP contribution in [0.5, 0.6) is 0 Å². The van der Waals surface area contributed by atoms with Gasteiger partial charge in [0.25, 0.3) is 0 Å². The fourth-order valence-electron chi connectivity index (χ4n) is 3.85. The molecule has 1 N–H and O–H groups in total. The molecule has 1 aromatic carbocycles. The number of rotatable bonds is 4. The number of sulfonamides is 1. The molecule has 0 spiro atoms. The van der Waals surface area contributed by atoms with Crippen LogP contribution < -0.4 is 0 Å². The van der Waals surface area contributed by atoms with Crippen LogP contribution in [0.4, 0.5) is 0 Å². The number of nitrogens with zero attached hydrogens (tertiary/aromatic N) is 2. The molecule has 2 fully saturated rings. The van der Waals surface area contributed by atoms with E-state index in [2.05, 4.69) is 0 Å². The summed E-state index contributed by atoms with van der Waals surface area (Å²) in [7, 11) is -3.56. The summed E-state index contributed by atoms with van der Waals surface area (Å²) in [5, 5.41) is 9.37. The van der Waals surface area contributed by atoms with E-state index in [9.17, 15) is 23.1 Å². The molecule has 1 saturated heterocycles. The summed E-state index contributed by atoms with van der Waals surface area (Å²) in [5.74, 6) is -2.16. The molecule has 2 atom stereocenters. The Morgan fingerprint density at radius 2 is 1.50 bits per heavy atom. The van der Waals surface area contributed by atoms with Crippen molar-refractivity contribution < 1.29 is 23.1 Å². The summed E-state index contributed by atoms with van der Waals surface area (Å²) in [4.78, 5) is 26.1. The summed E-state index contributed by atoms with van der Waals surface area (Å²) in [6, 6.07) is 8.25. The van der Waals surface area contributed by atoms with E-state index in [1.54, 1.807) is 35.2 Å². The lowest BCUT2D eigenvalue weighted by molar-refractivity contribution is -0.152. The van der Waals surface area contributed by atoms with Crippen LogP contribution in [0.25, 0.3) is 0 Å². The van der Waals surface area contributed by atoms with Crippen LogP contribution in [0.15, 0.2) is 35.2 Å².